The zero-order valence-electron chi connectivity index (χ0n) is 22.4. The Morgan fingerprint density at radius 2 is 1.28 bits per heavy atom. The number of H-pyrrole nitrogens is 1. The fraction of sp³-hybridized carbons (Fsp3) is 0.114. The predicted octanol–water partition coefficient (Wildman–Crippen LogP) is 10.6. The summed E-state index contributed by atoms with van der Waals surface area (Å²) in [6.07, 6.45) is 2.18. The summed E-state index contributed by atoms with van der Waals surface area (Å²) in [6, 6.07) is 31.3. The molecule has 1 N–H and O–H groups in total. The number of allylic oxidation sites excluding steroid dienone is 2. The molecule has 190 valence electrons. The summed E-state index contributed by atoms with van der Waals surface area (Å²) >= 11 is 3.71. The molecule has 1 aliphatic rings. The number of nitrogens with one attached hydrogen (secondary N) is 1. The van der Waals surface area contributed by atoms with Gasteiger partial charge in [0, 0.05) is 36.1 Å². The first kappa shape index (κ1) is 24.1. The molecule has 0 amide bonds. The molecule has 0 bridgehead atoms. The molecular weight excluding hydrogens is 513 g/mol. The van der Waals surface area contributed by atoms with Crippen molar-refractivity contribution in [3.63, 3.8) is 0 Å². The van der Waals surface area contributed by atoms with Crippen LogP contribution in [0.4, 0.5) is 0 Å². The van der Waals surface area contributed by atoms with Crippen molar-refractivity contribution in [2.75, 3.05) is 0 Å². The van der Waals surface area contributed by atoms with Crippen LogP contribution >= 0.6 is 22.7 Å². The summed E-state index contributed by atoms with van der Waals surface area (Å²) in [6.45, 7) is 8.56. The minimum atomic E-state index is 1.05. The Labute approximate surface area is 236 Å². The number of aromatic amines is 1. The van der Waals surface area contributed by atoms with Gasteiger partial charge in [0.05, 0.1) is 11.4 Å². The average Bonchev–Trinajstić information content (AvgIpc) is 3.69. The molecular formula is C35H28N2S2. The largest absolute Gasteiger partial charge is 0.358 e. The third-order valence-corrected chi connectivity index (χ3v) is 9.70. The van der Waals surface area contributed by atoms with Crippen LogP contribution in [-0.2, 0) is 0 Å². The molecule has 0 saturated carbocycles. The van der Waals surface area contributed by atoms with E-state index in [0.717, 1.165) is 28.4 Å². The van der Waals surface area contributed by atoms with Crippen molar-refractivity contribution in [2.24, 2.45) is 4.99 Å². The minimum absolute atomic E-state index is 1.05. The van der Waals surface area contributed by atoms with Crippen molar-refractivity contribution < 1.29 is 0 Å². The number of aromatic nitrogens is 1. The summed E-state index contributed by atoms with van der Waals surface area (Å²) in [5.74, 6) is 0. The first-order valence-corrected chi connectivity index (χ1v) is 14.8. The Kier molecular flexibility index (Phi) is 5.76. The summed E-state index contributed by atoms with van der Waals surface area (Å²) in [5.41, 5.74) is 11.7. The van der Waals surface area contributed by atoms with E-state index in [4.69, 9.17) is 4.99 Å². The predicted molar refractivity (Wildman–Crippen MR) is 171 cm³/mol. The molecule has 2 nitrogen and oxygen atoms in total. The first-order chi connectivity index (χ1) is 18.9. The lowest BCUT2D eigenvalue weighted by Crippen LogP contribution is -1.97. The molecule has 6 aromatic rings. The summed E-state index contributed by atoms with van der Waals surface area (Å²) in [5, 5.41) is 2.58. The highest BCUT2D eigenvalue weighted by Crippen LogP contribution is 2.43. The highest BCUT2D eigenvalue weighted by molar-refractivity contribution is 7.22. The van der Waals surface area contributed by atoms with Gasteiger partial charge in [0.2, 0.25) is 0 Å². The maximum Gasteiger partial charge on any atom is 0.0761 e. The van der Waals surface area contributed by atoms with Crippen LogP contribution in [-0.4, -0.2) is 10.7 Å². The fourth-order valence-electron chi connectivity index (χ4n) is 5.62. The van der Waals surface area contributed by atoms with Gasteiger partial charge in [-0.1, -0.05) is 36.4 Å². The first-order valence-electron chi connectivity index (χ1n) is 13.2. The number of fused-ring (bicyclic) bond motifs is 2. The van der Waals surface area contributed by atoms with Crippen LogP contribution in [0, 0.1) is 13.8 Å². The summed E-state index contributed by atoms with van der Waals surface area (Å²) in [7, 11) is 0. The second-order valence-corrected chi connectivity index (χ2v) is 12.6. The molecule has 3 aromatic heterocycles. The second kappa shape index (κ2) is 9.33. The topological polar surface area (TPSA) is 28.1 Å². The van der Waals surface area contributed by atoms with E-state index in [9.17, 15) is 0 Å². The Balaban J connectivity index is 1.53. The van der Waals surface area contributed by atoms with E-state index in [2.05, 4.69) is 124 Å². The van der Waals surface area contributed by atoms with E-state index in [1.807, 2.05) is 22.7 Å². The maximum absolute atomic E-state index is 5.04. The standard InChI is InChI=1S/C35H28N2S2/c1-20-13-22(3)36-34(20)33(35-21(2)14-23(4)37-35)28-16-26(31-18-24-9-5-7-11-29(24)38-31)15-27(17-28)32-19-25-10-6-8-12-30(25)39-32/h5-19,36H,1-4H3/b35-33-. The van der Waals surface area contributed by atoms with Crippen molar-refractivity contribution in [1.82, 2.24) is 4.98 Å². The Bertz CT molecular complexity index is 1850. The molecule has 0 atom stereocenters. The molecule has 1 aliphatic heterocycles. The molecule has 3 aromatic carbocycles. The molecule has 0 saturated heterocycles. The summed E-state index contributed by atoms with van der Waals surface area (Å²) in [4.78, 5) is 11.3. The lowest BCUT2D eigenvalue weighted by atomic mass is 9.92. The van der Waals surface area contributed by atoms with Crippen molar-refractivity contribution in [3.05, 3.63) is 125 Å². The molecule has 7 rings (SSSR count). The molecule has 4 heteroatoms. The van der Waals surface area contributed by atoms with Crippen LogP contribution in [0.3, 0.4) is 0 Å². The smallest absolute Gasteiger partial charge is 0.0761 e. The molecule has 39 heavy (non-hydrogen) atoms. The van der Waals surface area contributed by atoms with Crippen LogP contribution in [0.25, 0.3) is 46.6 Å². The van der Waals surface area contributed by atoms with E-state index < -0.39 is 0 Å². The minimum Gasteiger partial charge on any atom is -0.358 e. The molecule has 0 aliphatic carbocycles. The van der Waals surface area contributed by atoms with Gasteiger partial charge in [-0.3, -0.25) is 4.99 Å². The zero-order chi connectivity index (χ0) is 26.7. The van der Waals surface area contributed by atoms with Crippen LogP contribution in [0.2, 0.25) is 0 Å². The molecule has 0 fully saturated rings. The van der Waals surface area contributed by atoms with Gasteiger partial charge in [-0.25, -0.2) is 0 Å². The normalized spacial score (nSPS) is 14.8. The van der Waals surface area contributed by atoms with E-state index in [-0.39, 0.29) is 0 Å². The monoisotopic (exact) mass is 540 g/mol. The van der Waals surface area contributed by atoms with Gasteiger partial charge >= 0.3 is 0 Å². The van der Waals surface area contributed by atoms with Crippen molar-refractivity contribution in [3.8, 4) is 20.9 Å². The van der Waals surface area contributed by atoms with E-state index >= 15 is 0 Å². The van der Waals surface area contributed by atoms with E-state index in [1.54, 1.807) is 0 Å². The number of aryl methyl sites for hydroxylation is 2. The average molecular weight is 541 g/mol. The number of aliphatic imine (C=N–C) groups is 1. The highest BCUT2D eigenvalue weighted by Gasteiger charge is 2.22. The number of hydrogen-bond acceptors (Lipinski definition) is 3. The third-order valence-electron chi connectivity index (χ3n) is 7.37. The Hall–Kier alpha value is -3.99. The van der Waals surface area contributed by atoms with Crippen LogP contribution in [0.15, 0.2) is 107 Å². The third kappa shape index (κ3) is 4.30. The summed E-state index contributed by atoms with van der Waals surface area (Å²) < 4.78 is 2.62. The fourth-order valence-corrected chi connectivity index (χ4v) is 7.72. The van der Waals surface area contributed by atoms with Crippen LogP contribution in [0.1, 0.15) is 36.4 Å². The number of rotatable bonds is 4. The van der Waals surface area contributed by atoms with Crippen LogP contribution in [0.5, 0.6) is 0 Å². The Morgan fingerprint density at radius 1 is 0.692 bits per heavy atom. The van der Waals surface area contributed by atoms with E-state index in [0.29, 0.717) is 0 Å². The molecule has 0 unspecified atom stereocenters. The van der Waals surface area contributed by atoms with Crippen LogP contribution < -0.4 is 0 Å². The maximum atomic E-state index is 5.04. The molecule has 0 spiro atoms. The van der Waals surface area contributed by atoms with Gasteiger partial charge in [-0.2, -0.15) is 0 Å². The molecule has 4 heterocycles. The van der Waals surface area contributed by atoms with Crippen molar-refractivity contribution in [2.45, 2.75) is 27.7 Å². The highest BCUT2D eigenvalue weighted by atomic mass is 32.1. The lowest BCUT2D eigenvalue weighted by molar-refractivity contribution is 1.21. The van der Waals surface area contributed by atoms with Crippen molar-refractivity contribution in [1.29, 1.82) is 0 Å². The SMILES string of the molecule is CC1=CC(C)=N/C1=C(/c1cc(-c2cc3ccccc3s2)cc(-c2cc3ccccc3s2)c1)c1[nH]c(C)cc1C. The molecule has 0 radical (unpaired) electrons. The number of thiophene rings is 2. The van der Waals surface area contributed by atoms with E-state index in [1.165, 1.54) is 57.8 Å². The van der Waals surface area contributed by atoms with Gasteiger partial charge in [0.15, 0.2) is 0 Å². The quantitative estimate of drug-likeness (QED) is 0.230. The van der Waals surface area contributed by atoms with Gasteiger partial charge < -0.3 is 4.98 Å². The zero-order valence-corrected chi connectivity index (χ0v) is 24.1. The Morgan fingerprint density at radius 3 is 1.77 bits per heavy atom. The van der Waals surface area contributed by atoms with Gasteiger partial charge in [0.1, 0.15) is 0 Å². The van der Waals surface area contributed by atoms with Gasteiger partial charge in [0.25, 0.3) is 0 Å². The van der Waals surface area contributed by atoms with Crippen molar-refractivity contribution >= 4 is 54.1 Å². The lowest BCUT2D eigenvalue weighted by Gasteiger charge is -2.15. The van der Waals surface area contributed by atoms with Gasteiger partial charge in [-0.15, -0.1) is 22.7 Å². The number of benzene rings is 3. The number of nitrogens with zero attached hydrogens (tertiary/aromatic N) is 1. The number of hydrogen-bond donors (Lipinski definition) is 1. The van der Waals surface area contributed by atoms with Gasteiger partial charge in [-0.05, 0) is 121 Å². The second-order valence-electron chi connectivity index (χ2n) is 10.4.